The highest BCUT2D eigenvalue weighted by atomic mass is 32.2. The topological polar surface area (TPSA) is 78.1 Å². The molecule has 0 amide bonds. The number of fused-ring (bicyclic) bond motifs is 1. The molecular weight excluding hydrogens is 617 g/mol. The van der Waals surface area contributed by atoms with Gasteiger partial charge in [0, 0.05) is 34.8 Å². The quantitative estimate of drug-likeness (QED) is 0.147. The van der Waals surface area contributed by atoms with Crippen LogP contribution in [0, 0.1) is 6.92 Å². The van der Waals surface area contributed by atoms with E-state index in [4.69, 9.17) is 0 Å². The lowest BCUT2D eigenvalue weighted by Crippen LogP contribution is -2.12. The molecule has 0 spiro atoms. The molecule has 48 heavy (non-hydrogen) atoms. The predicted molar refractivity (Wildman–Crippen MR) is 190 cm³/mol. The SMILES string of the molecule is CCn1c(-c2ccccc2)c(C(=O)c2ccccc2)c(C(=O)c2ccccc2)c1-c1cn(S(=O)(=O)c2ccc(C)cc2)c2ccccc12. The Morgan fingerprint density at radius 2 is 1.10 bits per heavy atom. The summed E-state index contributed by atoms with van der Waals surface area (Å²) in [5.74, 6) is -0.620. The van der Waals surface area contributed by atoms with Crippen molar-refractivity contribution in [2.24, 2.45) is 0 Å². The fourth-order valence-corrected chi connectivity index (χ4v) is 7.75. The van der Waals surface area contributed by atoms with Crippen LogP contribution in [0.15, 0.2) is 151 Å². The standard InChI is InChI=1S/C41H32N2O4S/c1-3-42-38(29-15-7-4-8-16-29)36(40(44)30-17-9-5-10-18-30)37(41(45)31-19-11-6-12-20-31)39(42)34-27-43(35-22-14-13-21-33(34)35)48(46,47)32-25-23-28(2)24-26-32/h4-27H,3H2,1-2H3. The maximum absolute atomic E-state index is 14.8. The number of aryl methyl sites for hydroxylation is 1. The molecule has 7 rings (SSSR count). The van der Waals surface area contributed by atoms with E-state index in [0.29, 0.717) is 45.5 Å². The second-order valence-corrected chi connectivity index (χ2v) is 13.4. The maximum atomic E-state index is 14.8. The van der Waals surface area contributed by atoms with Gasteiger partial charge in [-0.2, -0.15) is 0 Å². The van der Waals surface area contributed by atoms with Gasteiger partial charge in [-0.1, -0.05) is 127 Å². The van der Waals surface area contributed by atoms with E-state index in [2.05, 4.69) is 0 Å². The number of benzene rings is 5. The van der Waals surface area contributed by atoms with E-state index in [-0.39, 0.29) is 27.6 Å². The molecule has 0 bridgehead atoms. The van der Waals surface area contributed by atoms with Gasteiger partial charge in [0.25, 0.3) is 10.0 Å². The third kappa shape index (κ3) is 5.18. The van der Waals surface area contributed by atoms with Crippen molar-refractivity contribution in [3.05, 3.63) is 174 Å². The van der Waals surface area contributed by atoms with Crippen LogP contribution in [0.2, 0.25) is 0 Å². The third-order valence-corrected chi connectivity index (χ3v) is 10.4. The number of aromatic nitrogens is 2. The van der Waals surface area contributed by atoms with Gasteiger partial charge < -0.3 is 4.57 Å². The Hall–Kier alpha value is -5.79. The van der Waals surface area contributed by atoms with Crippen molar-refractivity contribution >= 4 is 32.5 Å². The van der Waals surface area contributed by atoms with Crippen LogP contribution in [-0.4, -0.2) is 28.5 Å². The van der Waals surface area contributed by atoms with Gasteiger partial charge in [-0.25, -0.2) is 12.4 Å². The lowest BCUT2D eigenvalue weighted by molar-refractivity contribution is 0.100. The molecule has 7 heteroatoms. The number of hydrogen-bond donors (Lipinski definition) is 0. The lowest BCUT2D eigenvalue weighted by atomic mass is 9.90. The van der Waals surface area contributed by atoms with Crippen molar-refractivity contribution < 1.29 is 18.0 Å². The van der Waals surface area contributed by atoms with Crippen LogP contribution in [0.25, 0.3) is 33.4 Å². The summed E-state index contributed by atoms with van der Waals surface area (Å²) in [6, 6.07) is 41.4. The second kappa shape index (κ2) is 12.4. The first kappa shape index (κ1) is 30.8. The molecule has 2 aromatic heterocycles. The van der Waals surface area contributed by atoms with Gasteiger partial charge in [0.15, 0.2) is 11.6 Å². The van der Waals surface area contributed by atoms with Crippen LogP contribution in [0.4, 0.5) is 0 Å². The Labute approximate surface area is 279 Å². The highest BCUT2D eigenvalue weighted by Gasteiger charge is 2.35. The van der Waals surface area contributed by atoms with Crippen LogP contribution in [-0.2, 0) is 16.6 Å². The van der Waals surface area contributed by atoms with Gasteiger partial charge in [-0.3, -0.25) is 9.59 Å². The van der Waals surface area contributed by atoms with Crippen LogP contribution in [0.3, 0.4) is 0 Å². The van der Waals surface area contributed by atoms with Crippen molar-refractivity contribution in [2.45, 2.75) is 25.3 Å². The molecule has 0 unspecified atom stereocenters. The van der Waals surface area contributed by atoms with Crippen molar-refractivity contribution in [3.63, 3.8) is 0 Å². The number of carbonyl (C=O) groups is 2. The number of rotatable bonds is 9. The maximum Gasteiger partial charge on any atom is 0.268 e. The predicted octanol–water partition coefficient (Wildman–Crippen LogP) is 8.80. The first-order valence-corrected chi connectivity index (χ1v) is 17.2. The Morgan fingerprint density at radius 1 is 0.604 bits per heavy atom. The number of para-hydroxylation sites is 1. The van der Waals surface area contributed by atoms with Crippen molar-refractivity contribution in [1.29, 1.82) is 0 Å². The van der Waals surface area contributed by atoms with Gasteiger partial charge >= 0.3 is 0 Å². The van der Waals surface area contributed by atoms with E-state index >= 15 is 0 Å². The summed E-state index contributed by atoms with van der Waals surface area (Å²) < 4.78 is 31.7. The average molecular weight is 649 g/mol. The first-order valence-electron chi connectivity index (χ1n) is 15.8. The lowest BCUT2D eigenvalue weighted by Gasteiger charge is -2.13. The van der Waals surface area contributed by atoms with Gasteiger partial charge in [0.1, 0.15) is 0 Å². The van der Waals surface area contributed by atoms with Gasteiger partial charge in [-0.05, 0) is 37.6 Å². The van der Waals surface area contributed by atoms with E-state index in [1.165, 1.54) is 3.97 Å². The average Bonchev–Trinajstić information content (AvgIpc) is 3.69. The molecule has 0 aliphatic carbocycles. The second-order valence-electron chi connectivity index (χ2n) is 11.6. The molecule has 0 aliphatic rings. The summed E-state index contributed by atoms with van der Waals surface area (Å²) in [6.07, 6.45) is 1.59. The molecule has 7 aromatic rings. The number of ketones is 2. The summed E-state index contributed by atoms with van der Waals surface area (Å²) in [5.41, 5.74) is 5.16. The van der Waals surface area contributed by atoms with Crippen molar-refractivity contribution in [3.8, 4) is 22.5 Å². The summed E-state index contributed by atoms with van der Waals surface area (Å²) in [6.45, 7) is 4.27. The molecule has 0 fully saturated rings. The molecular formula is C41H32N2O4S. The van der Waals surface area contributed by atoms with Crippen molar-refractivity contribution in [2.75, 3.05) is 0 Å². The minimum Gasteiger partial charge on any atom is -0.339 e. The number of nitrogens with zero attached hydrogens (tertiary/aromatic N) is 2. The summed E-state index contributed by atoms with van der Waals surface area (Å²) in [4.78, 5) is 29.6. The highest BCUT2D eigenvalue weighted by Crippen LogP contribution is 2.43. The molecule has 6 nitrogen and oxygen atoms in total. The zero-order chi connectivity index (χ0) is 33.4. The summed E-state index contributed by atoms with van der Waals surface area (Å²) in [7, 11) is -4.03. The normalized spacial score (nSPS) is 11.5. The molecule has 0 atom stereocenters. The Bertz CT molecular complexity index is 2410. The van der Waals surface area contributed by atoms with Crippen LogP contribution < -0.4 is 0 Å². The van der Waals surface area contributed by atoms with Gasteiger partial charge in [-0.15, -0.1) is 0 Å². The van der Waals surface area contributed by atoms with Crippen molar-refractivity contribution in [1.82, 2.24) is 8.54 Å². The Morgan fingerprint density at radius 3 is 1.67 bits per heavy atom. The minimum absolute atomic E-state index is 0.150. The largest absolute Gasteiger partial charge is 0.339 e. The van der Waals surface area contributed by atoms with E-state index in [1.807, 2.05) is 73.0 Å². The fourth-order valence-electron chi connectivity index (χ4n) is 6.38. The zero-order valence-corrected chi connectivity index (χ0v) is 27.3. The highest BCUT2D eigenvalue weighted by molar-refractivity contribution is 7.90. The number of hydrogen-bond acceptors (Lipinski definition) is 4. The van der Waals surface area contributed by atoms with Gasteiger partial charge in [0.2, 0.25) is 0 Å². The van der Waals surface area contributed by atoms with E-state index in [0.717, 1.165) is 11.1 Å². The first-order chi connectivity index (χ1) is 23.3. The smallest absolute Gasteiger partial charge is 0.268 e. The van der Waals surface area contributed by atoms with Crippen LogP contribution >= 0.6 is 0 Å². The zero-order valence-electron chi connectivity index (χ0n) is 26.5. The third-order valence-electron chi connectivity index (χ3n) is 8.66. The molecule has 5 aromatic carbocycles. The Kier molecular flexibility index (Phi) is 7.99. The summed E-state index contributed by atoms with van der Waals surface area (Å²) >= 11 is 0. The molecule has 236 valence electrons. The van der Waals surface area contributed by atoms with Gasteiger partial charge in [0.05, 0.1) is 32.9 Å². The van der Waals surface area contributed by atoms with Crippen LogP contribution in [0.5, 0.6) is 0 Å². The summed E-state index contributed by atoms with van der Waals surface area (Å²) in [5, 5.41) is 0.640. The van der Waals surface area contributed by atoms with E-state index < -0.39 is 10.0 Å². The molecule has 0 saturated carbocycles. The molecule has 2 heterocycles. The molecule has 0 aliphatic heterocycles. The molecule has 0 saturated heterocycles. The molecule has 0 N–H and O–H groups in total. The van der Waals surface area contributed by atoms with Crippen LogP contribution in [0.1, 0.15) is 44.3 Å². The number of carbonyl (C=O) groups excluding carboxylic acids is 2. The van der Waals surface area contributed by atoms with E-state index in [9.17, 15) is 18.0 Å². The van der Waals surface area contributed by atoms with E-state index in [1.54, 1.807) is 91.1 Å². The minimum atomic E-state index is -4.03. The Balaban J connectivity index is 1.62. The molecule has 0 radical (unpaired) electrons. The monoisotopic (exact) mass is 648 g/mol. The fraction of sp³-hybridized carbons (Fsp3) is 0.0732.